The molecule has 0 aromatic heterocycles. The van der Waals surface area contributed by atoms with E-state index >= 15 is 0 Å². The molecule has 1 aromatic carbocycles. The minimum atomic E-state index is -0.492. The molecule has 1 aromatic rings. The number of carbonyl (C=O) groups is 2. The van der Waals surface area contributed by atoms with Crippen molar-refractivity contribution in [3.8, 4) is 0 Å². The molecule has 1 fully saturated rings. The monoisotopic (exact) mass is 317 g/mol. The zero-order valence-electron chi connectivity index (χ0n) is 14.5. The van der Waals surface area contributed by atoms with Gasteiger partial charge in [0.05, 0.1) is 6.54 Å². The Balaban J connectivity index is 1.91. The van der Waals surface area contributed by atoms with Crippen molar-refractivity contribution in [2.45, 2.75) is 40.5 Å². The molecule has 2 amide bonds. The van der Waals surface area contributed by atoms with E-state index in [0.717, 1.165) is 24.3 Å². The fraction of sp³-hybridized carbons (Fsp3) is 0.556. The summed E-state index contributed by atoms with van der Waals surface area (Å²) < 4.78 is 0. The van der Waals surface area contributed by atoms with Gasteiger partial charge in [-0.1, -0.05) is 20.8 Å². The van der Waals surface area contributed by atoms with E-state index in [1.165, 1.54) is 18.5 Å². The Hall–Kier alpha value is -2.04. The molecule has 0 spiro atoms. The number of anilines is 2. The second-order valence-electron chi connectivity index (χ2n) is 7.18. The SMILES string of the molecule is Cc1cc(NC(=O)CNC(=O)C(C)(C)C)ccc1N1CCCC1. The molecule has 126 valence electrons. The van der Waals surface area contributed by atoms with E-state index in [1.807, 2.05) is 32.9 Å². The quantitative estimate of drug-likeness (QED) is 0.897. The molecular formula is C18H27N3O2. The number of carbonyl (C=O) groups excluding carboxylic acids is 2. The molecule has 0 radical (unpaired) electrons. The minimum Gasteiger partial charge on any atom is -0.371 e. The number of amides is 2. The summed E-state index contributed by atoms with van der Waals surface area (Å²) in [5.41, 5.74) is 2.67. The van der Waals surface area contributed by atoms with Crippen LogP contribution in [0.3, 0.4) is 0 Å². The van der Waals surface area contributed by atoms with Gasteiger partial charge in [-0.2, -0.15) is 0 Å². The van der Waals surface area contributed by atoms with Crippen LogP contribution in [0.15, 0.2) is 18.2 Å². The summed E-state index contributed by atoms with van der Waals surface area (Å²) >= 11 is 0. The normalized spacial score (nSPS) is 14.7. The predicted molar refractivity (Wildman–Crippen MR) is 93.7 cm³/mol. The third-order valence-corrected chi connectivity index (χ3v) is 4.02. The van der Waals surface area contributed by atoms with Crippen LogP contribution < -0.4 is 15.5 Å². The molecule has 0 saturated carbocycles. The zero-order chi connectivity index (χ0) is 17.0. The van der Waals surface area contributed by atoms with Crippen LogP contribution >= 0.6 is 0 Å². The molecule has 1 aliphatic heterocycles. The molecule has 5 nitrogen and oxygen atoms in total. The van der Waals surface area contributed by atoms with E-state index < -0.39 is 5.41 Å². The van der Waals surface area contributed by atoms with Gasteiger partial charge < -0.3 is 15.5 Å². The molecular weight excluding hydrogens is 290 g/mol. The maximum Gasteiger partial charge on any atom is 0.243 e. The van der Waals surface area contributed by atoms with Crippen LogP contribution in [0.4, 0.5) is 11.4 Å². The topological polar surface area (TPSA) is 61.4 Å². The molecule has 2 N–H and O–H groups in total. The number of hydrogen-bond donors (Lipinski definition) is 2. The number of nitrogens with one attached hydrogen (secondary N) is 2. The number of aryl methyl sites for hydroxylation is 1. The molecule has 0 aliphatic carbocycles. The van der Waals surface area contributed by atoms with Crippen LogP contribution in [-0.2, 0) is 9.59 Å². The Morgan fingerprint density at radius 2 is 1.83 bits per heavy atom. The maximum atomic E-state index is 12.0. The van der Waals surface area contributed by atoms with Gasteiger partial charge in [0, 0.05) is 29.9 Å². The van der Waals surface area contributed by atoms with Crippen molar-refractivity contribution in [2.75, 3.05) is 29.9 Å². The Morgan fingerprint density at radius 1 is 1.17 bits per heavy atom. The summed E-state index contributed by atoms with van der Waals surface area (Å²) in [5.74, 6) is -0.343. The molecule has 1 aliphatic rings. The van der Waals surface area contributed by atoms with Gasteiger partial charge in [-0.15, -0.1) is 0 Å². The third kappa shape index (κ3) is 4.71. The van der Waals surface area contributed by atoms with Gasteiger partial charge in [0.25, 0.3) is 0 Å². The zero-order valence-corrected chi connectivity index (χ0v) is 14.5. The van der Waals surface area contributed by atoms with Gasteiger partial charge in [-0.05, 0) is 43.5 Å². The van der Waals surface area contributed by atoms with Gasteiger partial charge in [-0.25, -0.2) is 0 Å². The second-order valence-corrected chi connectivity index (χ2v) is 7.18. The van der Waals surface area contributed by atoms with Crippen molar-refractivity contribution >= 4 is 23.2 Å². The predicted octanol–water partition coefficient (Wildman–Crippen LogP) is 2.70. The highest BCUT2D eigenvalue weighted by molar-refractivity contribution is 5.95. The van der Waals surface area contributed by atoms with Crippen molar-refractivity contribution < 1.29 is 9.59 Å². The van der Waals surface area contributed by atoms with Gasteiger partial charge in [-0.3, -0.25) is 9.59 Å². The molecule has 1 saturated heterocycles. The maximum absolute atomic E-state index is 12.0. The number of rotatable bonds is 4. The summed E-state index contributed by atoms with van der Waals surface area (Å²) in [7, 11) is 0. The van der Waals surface area contributed by atoms with Crippen molar-refractivity contribution in [1.29, 1.82) is 0 Å². The first-order valence-electron chi connectivity index (χ1n) is 8.21. The smallest absolute Gasteiger partial charge is 0.243 e. The highest BCUT2D eigenvalue weighted by atomic mass is 16.2. The fourth-order valence-corrected chi connectivity index (χ4v) is 2.68. The molecule has 23 heavy (non-hydrogen) atoms. The van der Waals surface area contributed by atoms with Crippen molar-refractivity contribution in [2.24, 2.45) is 5.41 Å². The lowest BCUT2D eigenvalue weighted by molar-refractivity contribution is -0.130. The minimum absolute atomic E-state index is 0.0109. The van der Waals surface area contributed by atoms with Crippen molar-refractivity contribution in [1.82, 2.24) is 5.32 Å². The van der Waals surface area contributed by atoms with E-state index in [2.05, 4.69) is 28.5 Å². The lowest BCUT2D eigenvalue weighted by Crippen LogP contribution is -2.39. The number of nitrogens with zero attached hydrogens (tertiary/aromatic N) is 1. The average Bonchev–Trinajstić information content (AvgIpc) is 2.97. The largest absolute Gasteiger partial charge is 0.371 e. The van der Waals surface area contributed by atoms with Crippen LogP contribution in [0.25, 0.3) is 0 Å². The summed E-state index contributed by atoms with van der Waals surface area (Å²) in [6.45, 7) is 9.71. The summed E-state index contributed by atoms with van der Waals surface area (Å²) in [6.07, 6.45) is 2.48. The number of benzene rings is 1. The molecule has 0 unspecified atom stereocenters. The Labute approximate surface area is 138 Å². The number of hydrogen-bond acceptors (Lipinski definition) is 3. The van der Waals surface area contributed by atoms with Gasteiger partial charge in [0.15, 0.2) is 0 Å². The van der Waals surface area contributed by atoms with Crippen molar-refractivity contribution in [3.63, 3.8) is 0 Å². The average molecular weight is 317 g/mol. The van der Waals surface area contributed by atoms with E-state index in [0.29, 0.717) is 0 Å². The van der Waals surface area contributed by atoms with Crippen LogP contribution in [-0.4, -0.2) is 31.4 Å². The molecule has 1 heterocycles. The van der Waals surface area contributed by atoms with E-state index in [9.17, 15) is 9.59 Å². The first-order chi connectivity index (χ1) is 10.8. The highest BCUT2D eigenvalue weighted by Crippen LogP contribution is 2.26. The van der Waals surface area contributed by atoms with E-state index in [4.69, 9.17) is 0 Å². The van der Waals surface area contributed by atoms with Gasteiger partial charge in [0.1, 0.15) is 0 Å². The standard InChI is InChI=1S/C18H27N3O2/c1-13-11-14(7-8-15(13)21-9-5-6-10-21)20-16(22)12-19-17(23)18(2,3)4/h7-8,11H,5-6,9-10,12H2,1-4H3,(H,19,23)(H,20,22). The molecule has 2 rings (SSSR count). The second kappa shape index (κ2) is 7.02. The van der Waals surface area contributed by atoms with Gasteiger partial charge >= 0.3 is 0 Å². The first kappa shape index (κ1) is 17.3. The first-order valence-corrected chi connectivity index (χ1v) is 8.21. The lowest BCUT2D eigenvalue weighted by atomic mass is 9.96. The summed E-state index contributed by atoms with van der Waals surface area (Å²) in [5, 5.41) is 5.49. The van der Waals surface area contributed by atoms with Gasteiger partial charge in [0.2, 0.25) is 11.8 Å². The third-order valence-electron chi connectivity index (χ3n) is 4.02. The Bertz CT molecular complexity index is 584. The van der Waals surface area contributed by atoms with Crippen LogP contribution in [0, 0.1) is 12.3 Å². The van der Waals surface area contributed by atoms with E-state index in [1.54, 1.807) is 0 Å². The Morgan fingerprint density at radius 3 is 2.39 bits per heavy atom. The van der Waals surface area contributed by atoms with Crippen LogP contribution in [0.1, 0.15) is 39.2 Å². The molecule has 0 bridgehead atoms. The summed E-state index contributed by atoms with van der Waals surface area (Å²) in [6, 6.07) is 5.96. The fourth-order valence-electron chi connectivity index (χ4n) is 2.68. The van der Waals surface area contributed by atoms with Crippen molar-refractivity contribution in [3.05, 3.63) is 23.8 Å². The van der Waals surface area contributed by atoms with Crippen LogP contribution in [0.2, 0.25) is 0 Å². The molecule has 0 atom stereocenters. The lowest BCUT2D eigenvalue weighted by Gasteiger charge is -2.21. The van der Waals surface area contributed by atoms with E-state index in [-0.39, 0.29) is 18.4 Å². The highest BCUT2D eigenvalue weighted by Gasteiger charge is 2.21. The molecule has 5 heteroatoms. The van der Waals surface area contributed by atoms with Crippen LogP contribution in [0.5, 0.6) is 0 Å². The summed E-state index contributed by atoms with van der Waals surface area (Å²) in [4.78, 5) is 26.1. The Kier molecular flexibility index (Phi) is 5.29.